The van der Waals surface area contributed by atoms with Crippen LogP contribution in [0.3, 0.4) is 0 Å². The number of hydrogen-bond acceptors (Lipinski definition) is 4. The fraction of sp³-hybridized carbons (Fsp3) is 0.333. The van der Waals surface area contributed by atoms with E-state index in [0.717, 1.165) is 22.6 Å². The number of rotatable bonds is 9. The number of amides is 2. The normalized spacial score (nSPS) is 11.4. The molecule has 0 aromatic heterocycles. The third-order valence-corrected chi connectivity index (χ3v) is 4.00. The monoisotopic (exact) mass is 370 g/mol. The van der Waals surface area contributed by atoms with E-state index in [1.54, 1.807) is 19.2 Å². The van der Waals surface area contributed by atoms with Crippen molar-refractivity contribution in [2.75, 3.05) is 20.3 Å². The number of carbonyl (C=O) groups is 2. The smallest absolute Gasteiger partial charge is 0.222 e. The van der Waals surface area contributed by atoms with Crippen LogP contribution in [-0.2, 0) is 9.59 Å². The van der Waals surface area contributed by atoms with E-state index in [1.807, 2.05) is 43.3 Å². The van der Waals surface area contributed by atoms with Gasteiger partial charge in [0.15, 0.2) is 0 Å². The van der Waals surface area contributed by atoms with Gasteiger partial charge in [-0.25, -0.2) is 0 Å². The standard InChI is InChI=1S/C21H26N2O4/c1-15-4-8-19(9-5-15)27-13-12-22-21(25)14-20(23-16(2)24)17-6-10-18(26-3)11-7-17/h4-11,20H,12-14H2,1-3H3,(H,22,25)(H,23,24). The number of benzene rings is 2. The Morgan fingerprint density at radius 2 is 1.63 bits per heavy atom. The van der Waals surface area contributed by atoms with Crippen LogP contribution in [0.5, 0.6) is 11.5 Å². The number of methoxy groups -OCH3 is 1. The Morgan fingerprint density at radius 1 is 1.00 bits per heavy atom. The van der Waals surface area contributed by atoms with Gasteiger partial charge in [0.1, 0.15) is 18.1 Å². The summed E-state index contributed by atoms with van der Waals surface area (Å²) in [6.07, 6.45) is 0.149. The molecule has 0 aliphatic carbocycles. The Hall–Kier alpha value is -3.02. The van der Waals surface area contributed by atoms with Gasteiger partial charge in [-0.3, -0.25) is 9.59 Å². The molecule has 2 N–H and O–H groups in total. The zero-order valence-corrected chi connectivity index (χ0v) is 16.0. The van der Waals surface area contributed by atoms with E-state index in [0.29, 0.717) is 13.2 Å². The maximum atomic E-state index is 12.2. The Balaban J connectivity index is 1.83. The molecular weight excluding hydrogens is 344 g/mol. The lowest BCUT2D eigenvalue weighted by atomic mass is 10.0. The van der Waals surface area contributed by atoms with Gasteiger partial charge in [-0.2, -0.15) is 0 Å². The SMILES string of the molecule is COc1ccc(C(CC(=O)NCCOc2ccc(C)cc2)NC(C)=O)cc1. The first kappa shape index (κ1) is 20.3. The predicted molar refractivity (Wildman–Crippen MR) is 104 cm³/mol. The van der Waals surface area contributed by atoms with Gasteiger partial charge in [0.25, 0.3) is 0 Å². The van der Waals surface area contributed by atoms with E-state index in [9.17, 15) is 9.59 Å². The molecule has 0 bridgehead atoms. The number of nitrogens with one attached hydrogen (secondary N) is 2. The van der Waals surface area contributed by atoms with Gasteiger partial charge in [-0.05, 0) is 36.8 Å². The summed E-state index contributed by atoms with van der Waals surface area (Å²) in [4.78, 5) is 23.7. The molecule has 0 saturated heterocycles. The minimum absolute atomic E-state index is 0.149. The first-order chi connectivity index (χ1) is 13.0. The molecule has 0 saturated carbocycles. The number of aryl methyl sites for hydroxylation is 1. The van der Waals surface area contributed by atoms with Crippen molar-refractivity contribution in [2.24, 2.45) is 0 Å². The summed E-state index contributed by atoms with van der Waals surface area (Å²) >= 11 is 0. The van der Waals surface area contributed by atoms with Crippen LogP contribution in [0.4, 0.5) is 0 Å². The quantitative estimate of drug-likeness (QED) is 0.666. The molecule has 27 heavy (non-hydrogen) atoms. The van der Waals surface area contributed by atoms with Crippen molar-refractivity contribution < 1.29 is 19.1 Å². The maximum absolute atomic E-state index is 12.2. The molecule has 0 fully saturated rings. The van der Waals surface area contributed by atoms with E-state index in [2.05, 4.69) is 10.6 Å². The van der Waals surface area contributed by atoms with Crippen molar-refractivity contribution in [3.63, 3.8) is 0 Å². The highest BCUT2D eigenvalue weighted by Crippen LogP contribution is 2.20. The average Bonchev–Trinajstić information content (AvgIpc) is 2.66. The fourth-order valence-electron chi connectivity index (χ4n) is 2.59. The van der Waals surface area contributed by atoms with Gasteiger partial charge in [-0.15, -0.1) is 0 Å². The second kappa shape index (κ2) is 10.2. The van der Waals surface area contributed by atoms with Crippen molar-refractivity contribution in [3.05, 3.63) is 59.7 Å². The summed E-state index contributed by atoms with van der Waals surface area (Å²) in [7, 11) is 1.59. The summed E-state index contributed by atoms with van der Waals surface area (Å²) < 4.78 is 10.7. The lowest BCUT2D eigenvalue weighted by molar-refractivity contribution is -0.122. The number of hydrogen-bond donors (Lipinski definition) is 2. The van der Waals surface area contributed by atoms with Crippen molar-refractivity contribution in [1.29, 1.82) is 0 Å². The minimum atomic E-state index is -0.397. The molecule has 2 rings (SSSR count). The molecule has 1 atom stereocenters. The molecule has 0 radical (unpaired) electrons. The third-order valence-electron chi connectivity index (χ3n) is 4.00. The maximum Gasteiger partial charge on any atom is 0.222 e. The van der Waals surface area contributed by atoms with Gasteiger partial charge in [0.2, 0.25) is 11.8 Å². The summed E-state index contributed by atoms with van der Waals surface area (Å²) in [5.74, 6) is 1.14. The Morgan fingerprint density at radius 3 is 2.22 bits per heavy atom. The first-order valence-corrected chi connectivity index (χ1v) is 8.85. The molecule has 0 aliphatic rings. The third kappa shape index (κ3) is 7.01. The molecule has 0 aliphatic heterocycles. The molecule has 0 spiro atoms. The Kier molecular flexibility index (Phi) is 7.67. The lowest BCUT2D eigenvalue weighted by Gasteiger charge is -2.18. The van der Waals surface area contributed by atoms with Crippen LogP contribution in [-0.4, -0.2) is 32.1 Å². The molecule has 6 nitrogen and oxygen atoms in total. The van der Waals surface area contributed by atoms with Gasteiger partial charge in [0.05, 0.1) is 26.1 Å². The highest BCUT2D eigenvalue weighted by atomic mass is 16.5. The summed E-state index contributed by atoms with van der Waals surface area (Å²) in [5.41, 5.74) is 2.01. The zero-order chi connectivity index (χ0) is 19.6. The summed E-state index contributed by atoms with van der Waals surface area (Å²) in [6, 6.07) is 14.6. The second-order valence-corrected chi connectivity index (χ2v) is 6.24. The first-order valence-electron chi connectivity index (χ1n) is 8.85. The highest BCUT2D eigenvalue weighted by Gasteiger charge is 2.17. The van der Waals surface area contributed by atoms with Crippen LogP contribution in [0.25, 0.3) is 0 Å². The number of ether oxygens (including phenoxy) is 2. The van der Waals surface area contributed by atoms with E-state index in [1.165, 1.54) is 6.92 Å². The van der Waals surface area contributed by atoms with Crippen LogP contribution in [0.15, 0.2) is 48.5 Å². The molecule has 2 aromatic carbocycles. The van der Waals surface area contributed by atoms with Crippen LogP contribution >= 0.6 is 0 Å². The van der Waals surface area contributed by atoms with E-state index >= 15 is 0 Å². The largest absolute Gasteiger partial charge is 0.497 e. The summed E-state index contributed by atoms with van der Waals surface area (Å²) in [6.45, 7) is 4.21. The summed E-state index contributed by atoms with van der Waals surface area (Å²) in [5, 5.41) is 5.63. The number of carbonyl (C=O) groups excluding carboxylic acids is 2. The highest BCUT2D eigenvalue weighted by molar-refractivity contribution is 5.79. The predicted octanol–water partition coefficient (Wildman–Crippen LogP) is 2.77. The Bertz CT molecular complexity index is 742. The average molecular weight is 370 g/mol. The van der Waals surface area contributed by atoms with Gasteiger partial charge in [-0.1, -0.05) is 29.8 Å². The Labute approximate surface area is 159 Å². The molecule has 6 heteroatoms. The van der Waals surface area contributed by atoms with Crippen molar-refractivity contribution in [2.45, 2.75) is 26.3 Å². The van der Waals surface area contributed by atoms with Crippen molar-refractivity contribution >= 4 is 11.8 Å². The van der Waals surface area contributed by atoms with E-state index in [4.69, 9.17) is 9.47 Å². The molecule has 1 unspecified atom stereocenters. The topological polar surface area (TPSA) is 76.7 Å². The van der Waals surface area contributed by atoms with E-state index < -0.39 is 6.04 Å². The van der Waals surface area contributed by atoms with Crippen LogP contribution in [0, 0.1) is 6.92 Å². The van der Waals surface area contributed by atoms with Crippen LogP contribution in [0.2, 0.25) is 0 Å². The molecular formula is C21H26N2O4. The fourth-order valence-corrected chi connectivity index (χ4v) is 2.59. The van der Waals surface area contributed by atoms with Gasteiger partial charge >= 0.3 is 0 Å². The van der Waals surface area contributed by atoms with Crippen molar-refractivity contribution in [3.8, 4) is 11.5 Å². The van der Waals surface area contributed by atoms with Crippen LogP contribution in [0.1, 0.15) is 30.5 Å². The molecule has 144 valence electrons. The molecule has 2 amide bonds. The van der Waals surface area contributed by atoms with Gasteiger partial charge < -0.3 is 20.1 Å². The lowest BCUT2D eigenvalue weighted by Crippen LogP contribution is -2.34. The zero-order valence-electron chi connectivity index (χ0n) is 16.0. The van der Waals surface area contributed by atoms with Crippen molar-refractivity contribution in [1.82, 2.24) is 10.6 Å². The minimum Gasteiger partial charge on any atom is -0.497 e. The van der Waals surface area contributed by atoms with Crippen LogP contribution < -0.4 is 20.1 Å². The molecule has 2 aromatic rings. The van der Waals surface area contributed by atoms with Gasteiger partial charge in [0, 0.05) is 6.92 Å². The second-order valence-electron chi connectivity index (χ2n) is 6.24. The van der Waals surface area contributed by atoms with E-state index in [-0.39, 0.29) is 18.2 Å². The molecule has 0 heterocycles.